The maximum absolute atomic E-state index is 12.6. The van der Waals surface area contributed by atoms with E-state index in [0.717, 1.165) is 43.6 Å². The van der Waals surface area contributed by atoms with Gasteiger partial charge in [0.2, 0.25) is 5.91 Å². The highest BCUT2D eigenvalue weighted by Gasteiger charge is 2.25. The fourth-order valence-electron chi connectivity index (χ4n) is 4.58. The number of anilines is 1. The van der Waals surface area contributed by atoms with Gasteiger partial charge in [-0.2, -0.15) is 5.26 Å². The molecule has 4 rings (SSSR count). The predicted octanol–water partition coefficient (Wildman–Crippen LogP) is 4.84. The quantitative estimate of drug-likeness (QED) is 0.791. The van der Waals surface area contributed by atoms with E-state index in [1.807, 2.05) is 0 Å². The Labute approximate surface area is 171 Å². The molecule has 1 amide bonds. The number of carbonyl (C=O) groups excluding carboxylic acids is 1. The highest BCUT2D eigenvalue weighted by molar-refractivity contribution is 7.16. The monoisotopic (exact) mass is 393 g/mol. The molecule has 5 heteroatoms. The van der Waals surface area contributed by atoms with Crippen LogP contribution in [0.15, 0.2) is 24.3 Å². The maximum atomic E-state index is 12.6. The lowest BCUT2D eigenvalue weighted by atomic mass is 9.87. The number of hydrogen-bond donors (Lipinski definition) is 1. The van der Waals surface area contributed by atoms with Gasteiger partial charge in [-0.1, -0.05) is 24.3 Å². The van der Waals surface area contributed by atoms with Crippen LogP contribution in [0.1, 0.15) is 65.3 Å². The second-order valence-electron chi connectivity index (χ2n) is 7.91. The molecule has 0 bridgehead atoms. The van der Waals surface area contributed by atoms with E-state index in [1.165, 1.54) is 34.4 Å². The molecule has 0 aliphatic heterocycles. The van der Waals surface area contributed by atoms with Crippen molar-refractivity contribution in [3.63, 3.8) is 0 Å². The van der Waals surface area contributed by atoms with Gasteiger partial charge in [0.05, 0.1) is 5.56 Å². The van der Waals surface area contributed by atoms with E-state index in [1.54, 1.807) is 11.3 Å². The Morgan fingerprint density at radius 1 is 1.25 bits per heavy atom. The summed E-state index contributed by atoms with van der Waals surface area (Å²) in [7, 11) is 2.12. The third kappa shape index (κ3) is 3.85. The smallest absolute Gasteiger partial charge is 0.226 e. The van der Waals surface area contributed by atoms with Gasteiger partial charge >= 0.3 is 0 Å². The van der Waals surface area contributed by atoms with Crippen LogP contribution in [0, 0.1) is 11.3 Å². The van der Waals surface area contributed by atoms with Crippen LogP contribution < -0.4 is 5.32 Å². The van der Waals surface area contributed by atoms with Gasteiger partial charge in [-0.25, -0.2) is 0 Å². The summed E-state index contributed by atoms with van der Waals surface area (Å²) in [5.41, 5.74) is 4.72. The van der Waals surface area contributed by atoms with Crippen molar-refractivity contribution in [1.29, 1.82) is 5.26 Å². The van der Waals surface area contributed by atoms with E-state index in [2.05, 4.69) is 47.6 Å². The minimum atomic E-state index is 0.00559. The number of fused-ring (bicyclic) bond motifs is 2. The van der Waals surface area contributed by atoms with E-state index in [9.17, 15) is 10.1 Å². The standard InChI is InChI=1S/C23H27N3OS/c1-26(20-11-6-8-16-7-2-3-9-17(16)20)14-13-22(27)25-23-19(15-24)18-10-4-5-12-21(18)28-23/h2-3,7,9,20H,4-6,8,10-14H2,1H3,(H,25,27). The molecular weight excluding hydrogens is 366 g/mol. The lowest BCUT2D eigenvalue weighted by Crippen LogP contribution is -2.30. The highest BCUT2D eigenvalue weighted by atomic mass is 32.1. The molecule has 2 aliphatic rings. The molecule has 1 unspecified atom stereocenters. The molecule has 146 valence electrons. The average Bonchev–Trinajstić information content (AvgIpc) is 3.08. The van der Waals surface area contributed by atoms with Gasteiger partial charge in [0.1, 0.15) is 11.1 Å². The Hall–Kier alpha value is -2.16. The van der Waals surface area contributed by atoms with Gasteiger partial charge in [0.25, 0.3) is 0 Å². The molecule has 0 spiro atoms. The van der Waals surface area contributed by atoms with Crippen LogP contribution in [0.4, 0.5) is 5.00 Å². The number of nitrogens with one attached hydrogen (secondary N) is 1. The molecule has 0 radical (unpaired) electrons. The summed E-state index contributed by atoms with van der Waals surface area (Å²) in [6.45, 7) is 0.720. The third-order valence-corrected chi connectivity index (χ3v) is 7.30. The van der Waals surface area contributed by atoms with Crippen LogP contribution in [0.3, 0.4) is 0 Å². The second kappa shape index (κ2) is 8.46. The number of amides is 1. The first-order valence-electron chi connectivity index (χ1n) is 10.3. The van der Waals surface area contributed by atoms with Crippen LogP contribution >= 0.6 is 11.3 Å². The van der Waals surface area contributed by atoms with Gasteiger partial charge in [0, 0.05) is 23.9 Å². The molecule has 2 aromatic rings. The van der Waals surface area contributed by atoms with Crippen LogP contribution in [0.2, 0.25) is 0 Å². The number of rotatable bonds is 5. The van der Waals surface area contributed by atoms with Gasteiger partial charge in [-0.3, -0.25) is 9.69 Å². The topological polar surface area (TPSA) is 56.1 Å². The molecule has 0 saturated carbocycles. The fourth-order valence-corrected chi connectivity index (χ4v) is 5.84. The summed E-state index contributed by atoms with van der Waals surface area (Å²) in [5.74, 6) is 0.00559. The Kier molecular flexibility index (Phi) is 5.79. The van der Waals surface area contributed by atoms with Crippen molar-refractivity contribution < 1.29 is 4.79 Å². The number of benzene rings is 1. The van der Waals surface area contributed by atoms with Gasteiger partial charge < -0.3 is 5.32 Å². The van der Waals surface area contributed by atoms with Crippen LogP contribution in [-0.2, 0) is 24.1 Å². The number of aryl methyl sites for hydroxylation is 2. The van der Waals surface area contributed by atoms with Crippen LogP contribution in [-0.4, -0.2) is 24.4 Å². The first-order chi connectivity index (χ1) is 13.7. The molecular formula is C23H27N3OS. The summed E-state index contributed by atoms with van der Waals surface area (Å²) in [4.78, 5) is 16.2. The first-order valence-corrected chi connectivity index (χ1v) is 11.1. The Balaban J connectivity index is 1.38. The van der Waals surface area contributed by atoms with Gasteiger partial charge in [-0.05, 0) is 68.7 Å². The van der Waals surface area contributed by atoms with Crippen molar-refractivity contribution >= 4 is 22.2 Å². The van der Waals surface area contributed by atoms with Crippen molar-refractivity contribution in [1.82, 2.24) is 4.90 Å². The maximum Gasteiger partial charge on any atom is 0.226 e. The first kappa shape index (κ1) is 19.2. The van der Waals surface area contributed by atoms with E-state index in [4.69, 9.17) is 0 Å². The lowest BCUT2D eigenvalue weighted by Gasteiger charge is -2.33. The second-order valence-corrected chi connectivity index (χ2v) is 9.02. The molecule has 28 heavy (non-hydrogen) atoms. The van der Waals surface area contributed by atoms with Crippen molar-refractivity contribution in [3.05, 3.63) is 51.4 Å². The normalized spacial score (nSPS) is 18.2. The van der Waals surface area contributed by atoms with E-state index >= 15 is 0 Å². The average molecular weight is 394 g/mol. The van der Waals surface area contributed by atoms with Crippen LogP contribution in [0.5, 0.6) is 0 Å². The Morgan fingerprint density at radius 3 is 2.93 bits per heavy atom. The Bertz CT molecular complexity index is 911. The van der Waals surface area contributed by atoms with Crippen molar-refractivity contribution in [2.45, 2.75) is 57.4 Å². The molecule has 0 saturated heterocycles. The zero-order valence-corrected chi connectivity index (χ0v) is 17.3. The molecule has 0 fully saturated rings. The van der Waals surface area contributed by atoms with Crippen molar-refractivity contribution in [2.24, 2.45) is 0 Å². The molecule has 1 N–H and O–H groups in total. The summed E-state index contributed by atoms with van der Waals surface area (Å²) >= 11 is 1.60. The van der Waals surface area contributed by atoms with Crippen LogP contribution in [0.25, 0.3) is 0 Å². The molecule has 4 nitrogen and oxygen atoms in total. The number of nitrogens with zero attached hydrogens (tertiary/aromatic N) is 2. The predicted molar refractivity (Wildman–Crippen MR) is 114 cm³/mol. The molecule has 1 aromatic carbocycles. The third-order valence-electron chi connectivity index (χ3n) is 6.10. The van der Waals surface area contributed by atoms with Gasteiger partial charge in [0.15, 0.2) is 0 Å². The molecule has 2 aliphatic carbocycles. The zero-order valence-electron chi connectivity index (χ0n) is 16.5. The largest absolute Gasteiger partial charge is 0.317 e. The number of hydrogen-bond acceptors (Lipinski definition) is 4. The number of thiophene rings is 1. The minimum absolute atomic E-state index is 0.00559. The van der Waals surface area contributed by atoms with E-state index in [-0.39, 0.29) is 5.91 Å². The SMILES string of the molecule is CN(CCC(=O)Nc1sc2c(c1C#N)CCCC2)C1CCCc2ccccc21. The summed E-state index contributed by atoms with van der Waals surface area (Å²) in [6, 6.07) is 11.4. The van der Waals surface area contributed by atoms with Crippen molar-refractivity contribution in [3.8, 4) is 6.07 Å². The number of carbonyl (C=O) groups is 1. The number of nitriles is 1. The molecule has 1 heterocycles. The Morgan fingerprint density at radius 2 is 2.07 bits per heavy atom. The summed E-state index contributed by atoms with van der Waals surface area (Å²) in [5, 5.41) is 13.3. The van der Waals surface area contributed by atoms with Gasteiger partial charge in [-0.15, -0.1) is 11.3 Å². The summed E-state index contributed by atoms with van der Waals surface area (Å²) < 4.78 is 0. The minimum Gasteiger partial charge on any atom is -0.317 e. The van der Waals surface area contributed by atoms with E-state index in [0.29, 0.717) is 18.0 Å². The zero-order chi connectivity index (χ0) is 19.5. The highest BCUT2D eigenvalue weighted by Crippen LogP contribution is 2.38. The fraction of sp³-hybridized carbons (Fsp3) is 0.478. The molecule has 1 aromatic heterocycles. The molecule has 1 atom stereocenters. The van der Waals surface area contributed by atoms with Crippen molar-refractivity contribution in [2.75, 3.05) is 18.9 Å². The summed E-state index contributed by atoms with van der Waals surface area (Å²) in [6.07, 6.45) is 8.26. The lowest BCUT2D eigenvalue weighted by molar-refractivity contribution is -0.116. The van der Waals surface area contributed by atoms with E-state index < -0.39 is 0 Å².